The van der Waals surface area contributed by atoms with Crippen molar-refractivity contribution in [1.29, 1.82) is 0 Å². The number of hydrogen-bond donors (Lipinski definition) is 1. The fourth-order valence-corrected chi connectivity index (χ4v) is 2.73. The SMILES string of the molecule is CCC(O)Cn1c(-c2nc3ccccc3o2)nc2ccccc21. The molecule has 0 bridgehead atoms. The van der Waals surface area contributed by atoms with Crippen LogP contribution in [0.3, 0.4) is 0 Å². The molecule has 0 aliphatic rings. The highest BCUT2D eigenvalue weighted by Gasteiger charge is 2.19. The first-order chi connectivity index (χ1) is 11.3. The fraction of sp³-hybridized carbons (Fsp3) is 0.222. The minimum Gasteiger partial charge on any atom is -0.434 e. The zero-order valence-electron chi connectivity index (χ0n) is 12.8. The number of aliphatic hydroxyl groups excluding tert-OH is 1. The Kier molecular flexibility index (Phi) is 3.35. The Labute approximate surface area is 133 Å². The maximum atomic E-state index is 10.1. The van der Waals surface area contributed by atoms with Gasteiger partial charge in [0.15, 0.2) is 11.4 Å². The number of oxazole rings is 1. The van der Waals surface area contributed by atoms with Gasteiger partial charge in [0.05, 0.1) is 23.7 Å². The molecule has 0 saturated carbocycles. The van der Waals surface area contributed by atoms with Crippen molar-refractivity contribution in [3.8, 4) is 11.7 Å². The molecule has 0 amide bonds. The zero-order chi connectivity index (χ0) is 15.8. The number of imidazole rings is 1. The van der Waals surface area contributed by atoms with E-state index < -0.39 is 6.10 Å². The van der Waals surface area contributed by atoms with Crippen molar-refractivity contribution in [2.45, 2.75) is 26.0 Å². The molecule has 2 aromatic carbocycles. The highest BCUT2D eigenvalue weighted by Crippen LogP contribution is 2.27. The van der Waals surface area contributed by atoms with Crippen LogP contribution in [-0.4, -0.2) is 25.7 Å². The van der Waals surface area contributed by atoms with Gasteiger partial charge >= 0.3 is 0 Å². The molecular weight excluding hydrogens is 290 g/mol. The molecule has 0 aliphatic carbocycles. The lowest BCUT2D eigenvalue weighted by Crippen LogP contribution is -2.15. The average Bonchev–Trinajstić information content (AvgIpc) is 3.16. The van der Waals surface area contributed by atoms with Crippen LogP contribution in [-0.2, 0) is 6.54 Å². The van der Waals surface area contributed by atoms with Gasteiger partial charge in [0.1, 0.15) is 5.52 Å². The highest BCUT2D eigenvalue weighted by atomic mass is 16.3. The van der Waals surface area contributed by atoms with Gasteiger partial charge in [-0.3, -0.25) is 0 Å². The van der Waals surface area contributed by atoms with Crippen LogP contribution in [0, 0.1) is 0 Å². The summed E-state index contributed by atoms with van der Waals surface area (Å²) in [6.45, 7) is 2.42. The first-order valence-corrected chi connectivity index (χ1v) is 7.75. The second-order valence-electron chi connectivity index (χ2n) is 5.58. The molecule has 5 heteroatoms. The molecule has 0 aliphatic heterocycles. The molecule has 4 rings (SSSR count). The van der Waals surface area contributed by atoms with Crippen LogP contribution in [0.25, 0.3) is 33.8 Å². The minimum atomic E-state index is -0.435. The lowest BCUT2D eigenvalue weighted by molar-refractivity contribution is 0.151. The topological polar surface area (TPSA) is 64.1 Å². The van der Waals surface area contributed by atoms with Gasteiger partial charge in [-0.05, 0) is 30.7 Å². The molecular formula is C18H17N3O2. The molecule has 1 N–H and O–H groups in total. The van der Waals surface area contributed by atoms with E-state index in [1.165, 1.54) is 0 Å². The van der Waals surface area contributed by atoms with Crippen molar-refractivity contribution in [3.63, 3.8) is 0 Å². The Morgan fingerprint density at radius 3 is 2.57 bits per heavy atom. The molecule has 0 fully saturated rings. The van der Waals surface area contributed by atoms with Crippen molar-refractivity contribution in [1.82, 2.24) is 14.5 Å². The van der Waals surface area contributed by atoms with Crippen molar-refractivity contribution in [2.24, 2.45) is 0 Å². The molecule has 1 atom stereocenters. The number of rotatable bonds is 4. The van der Waals surface area contributed by atoms with Gasteiger partial charge in [0.25, 0.3) is 5.89 Å². The van der Waals surface area contributed by atoms with E-state index >= 15 is 0 Å². The van der Waals surface area contributed by atoms with Gasteiger partial charge in [-0.2, -0.15) is 0 Å². The van der Waals surface area contributed by atoms with Crippen molar-refractivity contribution < 1.29 is 9.52 Å². The Hall–Kier alpha value is -2.66. The quantitative estimate of drug-likeness (QED) is 0.625. The van der Waals surface area contributed by atoms with Gasteiger partial charge in [-0.15, -0.1) is 0 Å². The van der Waals surface area contributed by atoms with E-state index in [0.29, 0.717) is 24.7 Å². The van der Waals surface area contributed by atoms with Crippen LogP contribution < -0.4 is 0 Å². The van der Waals surface area contributed by atoms with E-state index in [4.69, 9.17) is 4.42 Å². The Bertz CT molecular complexity index is 938. The number of para-hydroxylation sites is 4. The van der Waals surface area contributed by atoms with Crippen molar-refractivity contribution in [2.75, 3.05) is 0 Å². The van der Waals surface area contributed by atoms with Gasteiger partial charge < -0.3 is 14.1 Å². The zero-order valence-corrected chi connectivity index (χ0v) is 12.8. The molecule has 116 valence electrons. The number of aliphatic hydroxyl groups is 1. The van der Waals surface area contributed by atoms with Gasteiger partial charge in [-0.1, -0.05) is 31.2 Å². The first kappa shape index (κ1) is 14.0. The molecule has 0 radical (unpaired) electrons. The average molecular weight is 307 g/mol. The maximum absolute atomic E-state index is 10.1. The minimum absolute atomic E-state index is 0.435. The molecule has 5 nitrogen and oxygen atoms in total. The Morgan fingerprint density at radius 1 is 1.04 bits per heavy atom. The summed E-state index contributed by atoms with van der Waals surface area (Å²) in [7, 11) is 0. The third-order valence-corrected chi connectivity index (χ3v) is 4.00. The van der Waals surface area contributed by atoms with E-state index in [1.807, 2.05) is 60.0 Å². The summed E-state index contributed by atoms with van der Waals surface area (Å²) < 4.78 is 7.84. The van der Waals surface area contributed by atoms with E-state index in [1.54, 1.807) is 0 Å². The summed E-state index contributed by atoms with van der Waals surface area (Å²) in [5, 5.41) is 10.1. The summed E-state index contributed by atoms with van der Waals surface area (Å²) in [5.74, 6) is 1.13. The van der Waals surface area contributed by atoms with Crippen molar-refractivity contribution in [3.05, 3.63) is 48.5 Å². The monoisotopic (exact) mass is 307 g/mol. The fourth-order valence-electron chi connectivity index (χ4n) is 2.73. The Morgan fingerprint density at radius 2 is 1.78 bits per heavy atom. The van der Waals surface area contributed by atoms with Crippen molar-refractivity contribution >= 4 is 22.1 Å². The number of hydrogen-bond acceptors (Lipinski definition) is 4. The summed E-state index contributed by atoms with van der Waals surface area (Å²) in [5.41, 5.74) is 3.37. The van der Waals surface area contributed by atoms with Gasteiger partial charge in [0, 0.05) is 0 Å². The largest absolute Gasteiger partial charge is 0.434 e. The number of aromatic nitrogens is 3. The molecule has 23 heavy (non-hydrogen) atoms. The third kappa shape index (κ3) is 2.39. The maximum Gasteiger partial charge on any atom is 0.264 e. The molecule has 0 spiro atoms. The lowest BCUT2D eigenvalue weighted by Gasteiger charge is -2.11. The second kappa shape index (κ2) is 5.52. The standard InChI is InChI=1S/C18H17N3O2/c1-2-12(22)11-21-15-9-5-3-7-13(15)19-17(21)18-20-14-8-4-6-10-16(14)23-18/h3-10,12,22H,2,11H2,1H3. The van der Waals surface area contributed by atoms with Crippen LogP contribution in [0.5, 0.6) is 0 Å². The van der Waals surface area contributed by atoms with Crippen LogP contribution >= 0.6 is 0 Å². The van der Waals surface area contributed by atoms with E-state index in [0.717, 1.165) is 22.1 Å². The summed E-state index contributed by atoms with van der Waals surface area (Å²) in [6.07, 6.45) is 0.246. The van der Waals surface area contributed by atoms with Crippen LogP contribution in [0.4, 0.5) is 0 Å². The normalized spacial score (nSPS) is 13.0. The first-order valence-electron chi connectivity index (χ1n) is 7.75. The number of benzene rings is 2. The lowest BCUT2D eigenvalue weighted by atomic mass is 10.2. The van der Waals surface area contributed by atoms with Gasteiger partial charge in [-0.25, -0.2) is 9.97 Å². The van der Waals surface area contributed by atoms with E-state index in [-0.39, 0.29) is 0 Å². The van der Waals surface area contributed by atoms with Crippen LogP contribution in [0.1, 0.15) is 13.3 Å². The van der Waals surface area contributed by atoms with E-state index in [2.05, 4.69) is 9.97 Å². The predicted molar refractivity (Wildman–Crippen MR) is 89.0 cm³/mol. The summed E-state index contributed by atoms with van der Waals surface area (Å²) >= 11 is 0. The molecule has 1 unspecified atom stereocenters. The molecule has 2 heterocycles. The molecule has 0 saturated heterocycles. The second-order valence-corrected chi connectivity index (χ2v) is 5.58. The summed E-state index contributed by atoms with van der Waals surface area (Å²) in [6, 6.07) is 15.5. The highest BCUT2D eigenvalue weighted by molar-refractivity contribution is 5.81. The number of fused-ring (bicyclic) bond motifs is 2. The van der Waals surface area contributed by atoms with E-state index in [9.17, 15) is 5.11 Å². The third-order valence-electron chi connectivity index (χ3n) is 4.00. The molecule has 4 aromatic rings. The van der Waals surface area contributed by atoms with Crippen LogP contribution in [0.15, 0.2) is 52.9 Å². The predicted octanol–water partition coefficient (Wildman–Crippen LogP) is 3.62. The smallest absolute Gasteiger partial charge is 0.264 e. The number of nitrogens with zero attached hydrogens (tertiary/aromatic N) is 3. The summed E-state index contributed by atoms with van der Waals surface area (Å²) in [4.78, 5) is 9.20. The van der Waals surface area contributed by atoms with Crippen LogP contribution in [0.2, 0.25) is 0 Å². The van der Waals surface area contributed by atoms with Gasteiger partial charge in [0.2, 0.25) is 0 Å². The molecule has 2 aromatic heterocycles. The Balaban J connectivity index is 1.92.